The molecule has 0 fully saturated rings. The predicted octanol–water partition coefficient (Wildman–Crippen LogP) is 4.09. The lowest BCUT2D eigenvalue weighted by atomic mass is 9.96. The predicted molar refractivity (Wildman–Crippen MR) is 83.7 cm³/mol. The van der Waals surface area contributed by atoms with E-state index in [4.69, 9.17) is 5.84 Å². The summed E-state index contributed by atoms with van der Waals surface area (Å²) in [6.45, 7) is 2.14. The van der Waals surface area contributed by atoms with Gasteiger partial charge in [-0.05, 0) is 35.7 Å². The van der Waals surface area contributed by atoms with Gasteiger partial charge in [-0.1, -0.05) is 53.5 Å². The van der Waals surface area contributed by atoms with E-state index in [1.807, 2.05) is 12.1 Å². The van der Waals surface area contributed by atoms with Gasteiger partial charge in [0.05, 0.1) is 6.04 Å². The minimum atomic E-state index is -0.357. The zero-order valence-electron chi connectivity index (χ0n) is 11.4. The monoisotopic (exact) mass is 336 g/mol. The van der Waals surface area contributed by atoms with E-state index in [2.05, 4.69) is 40.4 Å². The molecular formula is C16H18BrFN2. The number of nitrogens with one attached hydrogen (secondary N) is 1. The van der Waals surface area contributed by atoms with Crippen molar-refractivity contribution in [3.05, 3.63) is 69.4 Å². The van der Waals surface area contributed by atoms with Crippen LogP contribution in [-0.4, -0.2) is 0 Å². The standard InChI is InChI=1S/C16H18BrFN2/c1-2-4-11-5-3-6-12(9-11)16(20-19)14-10-13(17)7-8-15(14)18/h3,5-10,16,20H,2,4,19H2,1H3. The molecule has 0 aliphatic carbocycles. The van der Waals surface area contributed by atoms with E-state index < -0.39 is 0 Å². The molecule has 1 unspecified atom stereocenters. The van der Waals surface area contributed by atoms with Crippen LogP contribution in [0.25, 0.3) is 0 Å². The molecule has 2 nitrogen and oxygen atoms in total. The molecule has 2 aromatic rings. The van der Waals surface area contributed by atoms with Crippen LogP contribution in [0.2, 0.25) is 0 Å². The van der Waals surface area contributed by atoms with E-state index in [0.717, 1.165) is 22.9 Å². The highest BCUT2D eigenvalue weighted by Gasteiger charge is 2.17. The third-order valence-electron chi connectivity index (χ3n) is 3.26. The summed E-state index contributed by atoms with van der Waals surface area (Å²) in [5, 5.41) is 0. The van der Waals surface area contributed by atoms with Crippen molar-refractivity contribution in [2.75, 3.05) is 0 Å². The van der Waals surface area contributed by atoms with Gasteiger partial charge in [-0.3, -0.25) is 5.84 Å². The van der Waals surface area contributed by atoms with E-state index in [-0.39, 0.29) is 11.9 Å². The van der Waals surface area contributed by atoms with Gasteiger partial charge >= 0.3 is 0 Å². The quantitative estimate of drug-likeness (QED) is 0.637. The molecule has 3 N–H and O–H groups in total. The second-order valence-electron chi connectivity index (χ2n) is 4.76. The lowest BCUT2D eigenvalue weighted by Crippen LogP contribution is -2.29. The smallest absolute Gasteiger partial charge is 0.128 e. The maximum Gasteiger partial charge on any atom is 0.128 e. The van der Waals surface area contributed by atoms with Gasteiger partial charge in [-0.2, -0.15) is 0 Å². The van der Waals surface area contributed by atoms with E-state index in [1.54, 1.807) is 12.1 Å². The molecule has 4 heteroatoms. The van der Waals surface area contributed by atoms with Crippen LogP contribution in [-0.2, 0) is 6.42 Å². The van der Waals surface area contributed by atoms with Gasteiger partial charge in [-0.25, -0.2) is 9.82 Å². The molecule has 0 amide bonds. The number of hydrogen-bond donors (Lipinski definition) is 2. The molecule has 0 aliphatic rings. The normalized spacial score (nSPS) is 12.4. The average Bonchev–Trinajstić information content (AvgIpc) is 2.44. The highest BCUT2D eigenvalue weighted by Crippen LogP contribution is 2.27. The summed E-state index contributed by atoms with van der Waals surface area (Å²) in [5.41, 5.74) is 5.45. The van der Waals surface area contributed by atoms with Gasteiger partial charge in [0.1, 0.15) is 5.82 Å². The maximum absolute atomic E-state index is 14.0. The Kier molecular flexibility index (Phi) is 5.29. The highest BCUT2D eigenvalue weighted by molar-refractivity contribution is 9.10. The second-order valence-corrected chi connectivity index (χ2v) is 5.68. The number of rotatable bonds is 5. The van der Waals surface area contributed by atoms with Crippen LogP contribution in [0.4, 0.5) is 4.39 Å². The molecule has 20 heavy (non-hydrogen) atoms. The Morgan fingerprint density at radius 1 is 1.25 bits per heavy atom. The molecule has 2 rings (SSSR count). The SMILES string of the molecule is CCCc1cccc(C(NN)c2cc(Br)ccc2F)c1. The molecule has 0 aromatic heterocycles. The molecular weight excluding hydrogens is 319 g/mol. The fourth-order valence-electron chi connectivity index (χ4n) is 2.32. The number of aryl methyl sites for hydroxylation is 1. The van der Waals surface area contributed by atoms with Crippen LogP contribution in [0.15, 0.2) is 46.9 Å². The fraction of sp³-hybridized carbons (Fsp3) is 0.250. The van der Waals surface area contributed by atoms with Gasteiger partial charge in [0.15, 0.2) is 0 Å². The summed E-state index contributed by atoms with van der Waals surface area (Å²) in [5.74, 6) is 5.38. The first kappa shape index (κ1) is 15.2. The van der Waals surface area contributed by atoms with E-state index in [0.29, 0.717) is 5.56 Å². The van der Waals surface area contributed by atoms with Crippen LogP contribution in [0.1, 0.15) is 36.1 Å². The van der Waals surface area contributed by atoms with Crippen LogP contribution >= 0.6 is 15.9 Å². The Balaban J connectivity index is 2.41. The molecule has 0 heterocycles. The van der Waals surface area contributed by atoms with Crippen LogP contribution in [0.3, 0.4) is 0 Å². The van der Waals surface area contributed by atoms with E-state index in [1.165, 1.54) is 11.6 Å². The fourth-order valence-corrected chi connectivity index (χ4v) is 2.70. The third-order valence-corrected chi connectivity index (χ3v) is 3.75. The van der Waals surface area contributed by atoms with Crippen molar-refractivity contribution in [3.63, 3.8) is 0 Å². The zero-order valence-corrected chi connectivity index (χ0v) is 13.0. The second kappa shape index (κ2) is 6.97. The van der Waals surface area contributed by atoms with Gasteiger partial charge in [0.2, 0.25) is 0 Å². The molecule has 0 bridgehead atoms. The molecule has 0 spiro atoms. The Morgan fingerprint density at radius 2 is 2.05 bits per heavy atom. The molecule has 2 aromatic carbocycles. The highest BCUT2D eigenvalue weighted by atomic mass is 79.9. The minimum Gasteiger partial charge on any atom is -0.271 e. The van der Waals surface area contributed by atoms with Crippen molar-refractivity contribution in [1.29, 1.82) is 0 Å². The maximum atomic E-state index is 14.0. The van der Waals surface area contributed by atoms with Gasteiger partial charge in [-0.15, -0.1) is 0 Å². The van der Waals surface area contributed by atoms with Crippen molar-refractivity contribution in [3.8, 4) is 0 Å². The summed E-state index contributed by atoms with van der Waals surface area (Å²) in [4.78, 5) is 0. The van der Waals surface area contributed by atoms with Crippen molar-refractivity contribution < 1.29 is 4.39 Å². The third kappa shape index (κ3) is 3.45. The summed E-state index contributed by atoms with van der Waals surface area (Å²) >= 11 is 3.37. The summed E-state index contributed by atoms with van der Waals surface area (Å²) in [6.07, 6.45) is 2.08. The number of benzene rings is 2. The van der Waals surface area contributed by atoms with Crippen LogP contribution in [0, 0.1) is 5.82 Å². The Hall–Kier alpha value is -1.23. The van der Waals surface area contributed by atoms with E-state index >= 15 is 0 Å². The lowest BCUT2D eigenvalue weighted by molar-refractivity contribution is 0.559. The van der Waals surface area contributed by atoms with E-state index in [9.17, 15) is 4.39 Å². The molecule has 0 radical (unpaired) electrons. The summed E-state index contributed by atoms with van der Waals surface area (Å²) < 4.78 is 14.9. The van der Waals surface area contributed by atoms with Crippen molar-refractivity contribution >= 4 is 15.9 Å². The van der Waals surface area contributed by atoms with Gasteiger partial charge in [0, 0.05) is 10.0 Å². The number of hydrogen-bond acceptors (Lipinski definition) is 2. The number of halogens is 2. The van der Waals surface area contributed by atoms with Crippen molar-refractivity contribution in [2.45, 2.75) is 25.8 Å². The zero-order chi connectivity index (χ0) is 14.5. The largest absolute Gasteiger partial charge is 0.271 e. The molecule has 0 saturated heterocycles. The topological polar surface area (TPSA) is 38.0 Å². The summed E-state index contributed by atoms with van der Waals surface area (Å²) in [7, 11) is 0. The summed E-state index contributed by atoms with van der Waals surface area (Å²) in [6, 6.07) is 12.6. The number of hydrazine groups is 1. The van der Waals surface area contributed by atoms with Gasteiger partial charge in [0.25, 0.3) is 0 Å². The Labute approximate surface area is 127 Å². The average molecular weight is 337 g/mol. The first-order valence-electron chi connectivity index (χ1n) is 6.65. The Morgan fingerprint density at radius 3 is 2.75 bits per heavy atom. The number of nitrogens with two attached hydrogens (primary N) is 1. The Bertz CT molecular complexity index is 586. The van der Waals surface area contributed by atoms with Crippen LogP contribution in [0.5, 0.6) is 0 Å². The molecule has 1 atom stereocenters. The molecule has 106 valence electrons. The van der Waals surface area contributed by atoms with Crippen molar-refractivity contribution in [2.24, 2.45) is 5.84 Å². The molecule has 0 saturated carbocycles. The van der Waals surface area contributed by atoms with Gasteiger partial charge < -0.3 is 0 Å². The van der Waals surface area contributed by atoms with Crippen LogP contribution < -0.4 is 11.3 Å². The minimum absolute atomic E-state index is 0.267. The lowest BCUT2D eigenvalue weighted by Gasteiger charge is -2.18. The molecule has 0 aliphatic heterocycles. The van der Waals surface area contributed by atoms with Crippen molar-refractivity contribution in [1.82, 2.24) is 5.43 Å². The first-order valence-corrected chi connectivity index (χ1v) is 7.45. The first-order chi connectivity index (χ1) is 9.65.